The summed E-state index contributed by atoms with van der Waals surface area (Å²) in [6.45, 7) is -0.404. The number of carboxylic acids is 1. The Kier molecular flexibility index (Phi) is 4.62. The summed E-state index contributed by atoms with van der Waals surface area (Å²) < 4.78 is 34.2. The lowest BCUT2D eigenvalue weighted by Gasteiger charge is -2.10. The Morgan fingerprint density at radius 3 is 2.60 bits per heavy atom. The highest BCUT2D eigenvalue weighted by Crippen LogP contribution is 2.22. The monoisotopic (exact) mass is 365 g/mol. The maximum atomic E-state index is 13.8. The van der Waals surface area contributed by atoms with Crippen molar-refractivity contribution in [1.82, 2.24) is 14.8 Å². The Morgan fingerprint density at radius 2 is 1.92 bits per heavy atom. The Bertz CT molecular complexity index is 923. The van der Waals surface area contributed by atoms with Crippen LogP contribution < -0.4 is 4.74 Å². The smallest absolute Gasteiger partial charge is 0.335 e. The van der Waals surface area contributed by atoms with Crippen LogP contribution in [0, 0.1) is 11.6 Å². The molecule has 0 aliphatic heterocycles. The van der Waals surface area contributed by atoms with Crippen molar-refractivity contribution in [2.75, 3.05) is 0 Å². The van der Waals surface area contributed by atoms with E-state index in [4.69, 9.17) is 21.4 Å². The number of halogens is 3. The molecule has 0 unspecified atom stereocenters. The molecule has 0 amide bonds. The van der Waals surface area contributed by atoms with Crippen LogP contribution in [-0.2, 0) is 6.61 Å². The van der Waals surface area contributed by atoms with Crippen molar-refractivity contribution in [2.24, 2.45) is 0 Å². The Balaban J connectivity index is 1.86. The van der Waals surface area contributed by atoms with Gasteiger partial charge in [-0.15, -0.1) is 0 Å². The lowest BCUT2D eigenvalue weighted by molar-refractivity contribution is 0.0696. The van der Waals surface area contributed by atoms with Gasteiger partial charge in [-0.05, 0) is 24.3 Å². The fraction of sp³-hybridized carbons (Fsp3) is 0.0625. The van der Waals surface area contributed by atoms with Gasteiger partial charge in [0.05, 0.1) is 17.3 Å². The highest BCUT2D eigenvalue weighted by atomic mass is 35.5. The first-order chi connectivity index (χ1) is 12.0. The first kappa shape index (κ1) is 16.8. The van der Waals surface area contributed by atoms with E-state index in [0.717, 1.165) is 12.1 Å². The molecule has 3 rings (SSSR count). The van der Waals surface area contributed by atoms with Gasteiger partial charge < -0.3 is 9.84 Å². The number of nitrogens with zero attached hydrogens (tertiary/aromatic N) is 3. The van der Waals surface area contributed by atoms with Gasteiger partial charge >= 0.3 is 5.97 Å². The average Bonchev–Trinajstić information content (AvgIpc) is 3.02. The molecule has 3 aromatic rings. The highest BCUT2D eigenvalue weighted by molar-refractivity contribution is 6.30. The molecule has 0 aliphatic rings. The maximum Gasteiger partial charge on any atom is 0.335 e. The van der Waals surface area contributed by atoms with E-state index in [1.165, 1.54) is 35.3 Å². The molecule has 6 nitrogen and oxygen atoms in total. The minimum absolute atomic E-state index is 0.0150. The molecule has 0 bridgehead atoms. The van der Waals surface area contributed by atoms with Gasteiger partial charge in [0.2, 0.25) is 5.88 Å². The van der Waals surface area contributed by atoms with Crippen LogP contribution in [0.25, 0.3) is 5.82 Å². The number of ether oxygens (including phenoxy) is 1. The van der Waals surface area contributed by atoms with Crippen LogP contribution in [0.5, 0.6) is 5.88 Å². The second-order valence-electron chi connectivity index (χ2n) is 4.93. The molecule has 25 heavy (non-hydrogen) atoms. The number of rotatable bonds is 5. The first-order valence-electron chi connectivity index (χ1n) is 6.95. The molecule has 2 aromatic heterocycles. The molecule has 0 saturated heterocycles. The fourth-order valence-corrected chi connectivity index (χ4v) is 2.29. The van der Waals surface area contributed by atoms with Crippen LogP contribution in [0.1, 0.15) is 15.9 Å². The van der Waals surface area contributed by atoms with E-state index in [1.807, 2.05) is 0 Å². The summed E-state index contributed by atoms with van der Waals surface area (Å²) in [6.07, 6.45) is 2.70. The summed E-state index contributed by atoms with van der Waals surface area (Å²) >= 11 is 5.58. The average molecular weight is 366 g/mol. The molecule has 9 heteroatoms. The minimum atomic E-state index is -1.12. The molecular formula is C16H10ClF2N3O3. The van der Waals surface area contributed by atoms with Crippen LogP contribution in [0.3, 0.4) is 0 Å². The van der Waals surface area contributed by atoms with E-state index in [2.05, 4.69) is 10.1 Å². The van der Waals surface area contributed by atoms with Crippen LogP contribution in [-0.4, -0.2) is 25.8 Å². The van der Waals surface area contributed by atoms with Gasteiger partial charge in [0, 0.05) is 17.3 Å². The SMILES string of the molecule is O=C(O)c1ccnc(-n2nccc2OCc2c(F)cc(Cl)cc2F)c1. The van der Waals surface area contributed by atoms with Crippen molar-refractivity contribution in [1.29, 1.82) is 0 Å². The van der Waals surface area contributed by atoms with Crippen molar-refractivity contribution >= 4 is 17.6 Å². The van der Waals surface area contributed by atoms with Gasteiger partial charge in [0.25, 0.3) is 0 Å². The van der Waals surface area contributed by atoms with E-state index in [0.29, 0.717) is 0 Å². The van der Waals surface area contributed by atoms with Crippen LogP contribution in [0.4, 0.5) is 8.78 Å². The van der Waals surface area contributed by atoms with Gasteiger partial charge in [-0.25, -0.2) is 18.6 Å². The van der Waals surface area contributed by atoms with E-state index in [9.17, 15) is 13.6 Å². The summed E-state index contributed by atoms with van der Waals surface area (Å²) in [4.78, 5) is 15.1. The third-order valence-electron chi connectivity index (χ3n) is 3.29. The predicted octanol–water partition coefficient (Wildman–Crippen LogP) is 3.48. The highest BCUT2D eigenvalue weighted by Gasteiger charge is 2.14. The largest absolute Gasteiger partial charge is 0.478 e. The fourth-order valence-electron chi connectivity index (χ4n) is 2.10. The number of aromatic carboxylic acids is 1. The molecule has 2 heterocycles. The molecule has 0 aliphatic carbocycles. The summed E-state index contributed by atoms with van der Waals surface area (Å²) in [5.74, 6) is -2.45. The minimum Gasteiger partial charge on any atom is -0.478 e. The van der Waals surface area contributed by atoms with Gasteiger partial charge in [-0.1, -0.05) is 11.6 Å². The maximum absolute atomic E-state index is 13.8. The Morgan fingerprint density at radius 1 is 1.20 bits per heavy atom. The van der Waals surface area contributed by atoms with E-state index >= 15 is 0 Å². The zero-order chi connectivity index (χ0) is 18.0. The third-order valence-corrected chi connectivity index (χ3v) is 3.51. The molecule has 0 radical (unpaired) electrons. The molecule has 0 saturated carbocycles. The summed E-state index contributed by atoms with van der Waals surface area (Å²) in [5, 5.41) is 13.0. The normalized spacial score (nSPS) is 10.7. The Labute approximate surface area is 145 Å². The summed E-state index contributed by atoms with van der Waals surface area (Å²) in [6, 6.07) is 6.05. The number of hydrogen-bond donors (Lipinski definition) is 1. The van der Waals surface area contributed by atoms with E-state index in [-0.39, 0.29) is 27.8 Å². The van der Waals surface area contributed by atoms with Crippen molar-refractivity contribution in [3.05, 3.63) is 70.5 Å². The predicted molar refractivity (Wildman–Crippen MR) is 84.0 cm³/mol. The quantitative estimate of drug-likeness (QED) is 0.749. The van der Waals surface area contributed by atoms with Crippen LogP contribution >= 0.6 is 11.6 Å². The number of benzene rings is 1. The second kappa shape index (κ2) is 6.86. The van der Waals surface area contributed by atoms with Crippen LogP contribution in [0.15, 0.2) is 42.7 Å². The molecular weight excluding hydrogens is 356 g/mol. The Hall–Kier alpha value is -3.00. The zero-order valence-electron chi connectivity index (χ0n) is 12.5. The van der Waals surface area contributed by atoms with Gasteiger partial charge in [-0.3, -0.25) is 0 Å². The van der Waals surface area contributed by atoms with E-state index < -0.39 is 24.2 Å². The van der Waals surface area contributed by atoms with Gasteiger partial charge in [0.1, 0.15) is 18.2 Å². The van der Waals surface area contributed by atoms with Crippen molar-refractivity contribution < 1.29 is 23.4 Å². The zero-order valence-corrected chi connectivity index (χ0v) is 13.2. The number of hydrogen-bond acceptors (Lipinski definition) is 4. The number of aromatic nitrogens is 3. The van der Waals surface area contributed by atoms with E-state index in [1.54, 1.807) is 0 Å². The van der Waals surface area contributed by atoms with Crippen molar-refractivity contribution in [3.63, 3.8) is 0 Å². The topological polar surface area (TPSA) is 77.2 Å². The molecule has 0 spiro atoms. The first-order valence-corrected chi connectivity index (χ1v) is 7.33. The van der Waals surface area contributed by atoms with Crippen molar-refractivity contribution in [2.45, 2.75) is 6.61 Å². The molecule has 1 aromatic carbocycles. The lowest BCUT2D eigenvalue weighted by atomic mass is 10.2. The van der Waals surface area contributed by atoms with Crippen molar-refractivity contribution in [3.8, 4) is 11.7 Å². The number of carboxylic acid groups (broad SMARTS) is 1. The molecule has 0 fully saturated rings. The molecule has 128 valence electrons. The second-order valence-corrected chi connectivity index (χ2v) is 5.36. The van der Waals surface area contributed by atoms with Crippen LogP contribution in [0.2, 0.25) is 5.02 Å². The summed E-state index contributed by atoms with van der Waals surface area (Å²) in [7, 11) is 0. The summed E-state index contributed by atoms with van der Waals surface area (Å²) in [5.41, 5.74) is -0.273. The van der Waals surface area contributed by atoms with Gasteiger partial charge in [0.15, 0.2) is 5.82 Å². The van der Waals surface area contributed by atoms with Gasteiger partial charge in [-0.2, -0.15) is 9.78 Å². The molecule has 1 N–H and O–H groups in total. The molecule has 0 atom stereocenters. The lowest BCUT2D eigenvalue weighted by Crippen LogP contribution is -2.08. The number of carbonyl (C=O) groups is 1. The third kappa shape index (κ3) is 3.58. The number of pyridine rings is 1. The standard InChI is InChI=1S/C16H10ClF2N3O3/c17-10-6-12(18)11(13(19)7-10)8-25-15-2-4-21-22(15)14-5-9(16(23)24)1-3-20-14/h1-7H,8H2,(H,23,24).